The van der Waals surface area contributed by atoms with Gasteiger partial charge in [0.25, 0.3) is 0 Å². The third-order valence-electron chi connectivity index (χ3n) is 10.1. The molecule has 0 fully saturated rings. The molecule has 1 atom stereocenters. The van der Waals surface area contributed by atoms with Crippen LogP contribution in [0.4, 0.5) is 0 Å². The van der Waals surface area contributed by atoms with E-state index in [1.807, 2.05) is 0 Å². The van der Waals surface area contributed by atoms with Crippen molar-refractivity contribution in [3.05, 3.63) is 85.1 Å². The molecule has 0 aliphatic carbocycles. The van der Waals surface area contributed by atoms with E-state index in [0.29, 0.717) is 19.3 Å². The fourth-order valence-corrected chi connectivity index (χ4v) is 6.45. The summed E-state index contributed by atoms with van der Waals surface area (Å²) < 4.78 is 16.6. The Morgan fingerprint density at radius 3 is 1.08 bits per heavy atom. The summed E-state index contributed by atoms with van der Waals surface area (Å²) in [6.07, 6.45) is 61.6. The second-order valence-corrected chi connectivity index (χ2v) is 16.0. The summed E-state index contributed by atoms with van der Waals surface area (Å²) >= 11 is 0. The van der Waals surface area contributed by atoms with Gasteiger partial charge in [-0.3, -0.25) is 14.4 Å². The van der Waals surface area contributed by atoms with Crippen molar-refractivity contribution in [3.63, 3.8) is 0 Å². The molecule has 60 heavy (non-hydrogen) atoms. The van der Waals surface area contributed by atoms with E-state index < -0.39 is 6.10 Å². The number of unbranched alkanes of at least 4 members (excludes halogenated alkanes) is 18. The van der Waals surface area contributed by atoms with E-state index in [1.54, 1.807) is 0 Å². The maximum Gasteiger partial charge on any atom is 0.306 e. The zero-order chi connectivity index (χ0) is 43.7. The number of allylic oxidation sites excluding steroid dienone is 14. The van der Waals surface area contributed by atoms with Gasteiger partial charge in [0.1, 0.15) is 13.2 Å². The van der Waals surface area contributed by atoms with Crippen molar-refractivity contribution in [2.45, 2.75) is 226 Å². The van der Waals surface area contributed by atoms with E-state index in [1.165, 1.54) is 51.4 Å². The van der Waals surface area contributed by atoms with Crippen molar-refractivity contribution in [2.75, 3.05) is 13.2 Å². The minimum absolute atomic E-state index is 0.0866. The molecule has 0 aromatic heterocycles. The Labute approximate surface area is 369 Å². The van der Waals surface area contributed by atoms with E-state index >= 15 is 0 Å². The molecular weight excluding hydrogens is 745 g/mol. The lowest BCUT2D eigenvalue weighted by Crippen LogP contribution is -2.30. The van der Waals surface area contributed by atoms with Crippen molar-refractivity contribution in [3.8, 4) is 0 Å². The molecule has 0 saturated heterocycles. The van der Waals surface area contributed by atoms with Crippen molar-refractivity contribution in [1.82, 2.24) is 0 Å². The molecule has 0 amide bonds. The Balaban J connectivity index is 4.23. The average molecular weight is 835 g/mol. The first kappa shape index (κ1) is 56.6. The van der Waals surface area contributed by atoms with Gasteiger partial charge in [-0.05, 0) is 89.9 Å². The smallest absolute Gasteiger partial charge is 0.306 e. The standard InChI is InChI=1S/C54H90O6/c1-4-7-10-13-16-18-20-22-23-24-25-26-27-28-29-30-31-33-34-36-38-41-44-47-53(56)59-50-51(49-58-52(55)46-43-40-15-12-9-6-3)60-54(57)48-45-42-39-37-35-32-21-19-17-14-11-8-5-2/h7,10-11,14,16,18-19,21-23,25-26,28-29,51H,4-6,8-9,12-13,15,17,20,24,27,30-50H2,1-3H3/b10-7-,14-11-,18-16-,21-19-,23-22-,26-25-,29-28-. The molecule has 342 valence electrons. The van der Waals surface area contributed by atoms with Crippen LogP contribution in [0.2, 0.25) is 0 Å². The van der Waals surface area contributed by atoms with Gasteiger partial charge in [-0.25, -0.2) is 0 Å². The molecule has 6 heteroatoms. The van der Waals surface area contributed by atoms with E-state index in [-0.39, 0.29) is 31.1 Å². The molecule has 0 saturated carbocycles. The molecule has 0 aromatic carbocycles. The van der Waals surface area contributed by atoms with Gasteiger partial charge in [-0.15, -0.1) is 0 Å². The lowest BCUT2D eigenvalue weighted by Gasteiger charge is -2.18. The van der Waals surface area contributed by atoms with Crippen LogP contribution < -0.4 is 0 Å². The molecule has 0 radical (unpaired) electrons. The predicted molar refractivity (Wildman–Crippen MR) is 256 cm³/mol. The van der Waals surface area contributed by atoms with E-state index in [4.69, 9.17) is 14.2 Å². The first-order valence-corrected chi connectivity index (χ1v) is 24.6. The fraction of sp³-hybridized carbons (Fsp3) is 0.685. The molecule has 0 heterocycles. The molecule has 1 unspecified atom stereocenters. The van der Waals surface area contributed by atoms with Crippen molar-refractivity contribution in [2.24, 2.45) is 0 Å². The van der Waals surface area contributed by atoms with Crippen LogP contribution in [0.1, 0.15) is 220 Å². The van der Waals surface area contributed by atoms with E-state index in [2.05, 4.69) is 106 Å². The molecule has 0 N–H and O–H groups in total. The van der Waals surface area contributed by atoms with Gasteiger partial charge in [-0.1, -0.05) is 196 Å². The Bertz CT molecular complexity index is 1190. The van der Waals surface area contributed by atoms with Crippen LogP contribution in [0, 0.1) is 0 Å². The summed E-state index contributed by atoms with van der Waals surface area (Å²) in [5.41, 5.74) is 0. The lowest BCUT2D eigenvalue weighted by atomic mass is 10.1. The third-order valence-corrected chi connectivity index (χ3v) is 10.1. The van der Waals surface area contributed by atoms with Crippen LogP contribution in [0.3, 0.4) is 0 Å². The number of hydrogen-bond acceptors (Lipinski definition) is 6. The van der Waals surface area contributed by atoms with E-state index in [9.17, 15) is 14.4 Å². The normalized spacial score (nSPS) is 12.8. The number of carbonyl (C=O) groups is 3. The molecule has 0 aliphatic rings. The van der Waals surface area contributed by atoms with Gasteiger partial charge in [0.05, 0.1) is 0 Å². The lowest BCUT2D eigenvalue weighted by molar-refractivity contribution is -0.167. The van der Waals surface area contributed by atoms with Crippen molar-refractivity contribution >= 4 is 17.9 Å². The third kappa shape index (κ3) is 45.7. The summed E-state index contributed by atoms with van der Waals surface area (Å²) in [6.45, 7) is 6.36. The zero-order valence-electron chi connectivity index (χ0n) is 38.9. The zero-order valence-corrected chi connectivity index (χ0v) is 38.9. The minimum atomic E-state index is -0.784. The van der Waals surface area contributed by atoms with Crippen molar-refractivity contribution < 1.29 is 28.6 Å². The maximum atomic E-state index is 12.7. The Hall–Kier alpha value is -3.41. The van der Waals surface area contributed by atoms with Crippen LogP contribution in [-0.4, -0.2) is 37.2 Å². The van der Waals surface area contributed by atoms with Gasteiger partial charge < -0.3 is 14.2 Å². The number of carbonyl (C=O) groups excluding carboxylic acids is 3. The van der Waals surface area contributed by atoms with Gasteiger partial charge >= 0.3 is 17.9 Å². The predicted octanol–water partition coefficient (Wildman–Crippen LogP) is 16.0. The van der Waals surface area contributed by atoms with Crippen LogP contribution in [-0.2, 0) is 28.6 Å². The largest absolute Gasteiger partial charge is 0.462 e. The molecule has 0 rings (SSSR count). The van der Waals surface area contributed by atoms with Crippen LogP contribution in [0.15, 0.2) is 85.1 Å². The second-order valence-electron chi connectivity index (χ2n) is 16.0. The highest BCUT2D eigenvalue weighted by Gasteiger charge is 2.19. The summed E-state index contributed by atoms with van der Waals surface area (Å²) in [5.74, 6) is -0.927. The fourth-order valence-electron chi connectivity index (χ4n) is 6.45. The van der Waals surface area contributed by atoms with Crippen LogP contribution >= 0.6 is 0 Å². The molecule has 0 aliphatic heterocycles. The first-order chi connectivity index (χ1) is 29.5. The van der Waals surface area contributed by atoms with Crippen molar-refractivity contribution in [1.29, 1.82) is 0 Å². The summed E-state index contributed by atoms with van der Waals surface area (Å²) in [7, 11) is 0. The highest BCUT2D eigenvalue weighted by molar-refractivity contribution is 5.71. The minimum Gasteiger partial charge on any atom is -0.462 e. The summed E-state index contributed by atoms with van der Waals surface area (Å²) in [6, 6.07) is 0. The number of rotatable bonds is 43. The number of esters is 3. The Morgan fingerprint density at radius 1 is 0.350 bits per heavy atom. The molecule has 0 spiro atoms. The maximum absolute atomic E-state index is 12.7. The number of ether oxygens (including phenoxy) is 3. The summed E-state index contributed by atoms with van der Waals surface area (Å²) in [4.78, 5) is 37.7. The van der Waals surface area contributed by atoms with Gasteiger partial charge in [0.15, 0.2) is 6.10 Å². The van der Waals surface area contributed by atoms with Gasteiger partial charge in [0.2, 0.25) is 0 Å². The molecule has 0 bridgehead atoms. The van der Waals surface area contributed by atoms with Crippen LogP contribution in [0.25, 0.3) is 0 Å². The Kier molecular flexibility index (Phi) is 45.5. The van der Waals surface area contributed by atoms with Crippen LogP contribution in [0.5, 0.6) is 0 Å². The summed E-state index contributed by atoms with van der Waals surface area (Å²) in [5, 5.41) is 0. The highest BCUT2D eigenvalue weighted by atomic mass is 16.6. The highest BCUT2D eigenvalue weighted by Crippen LogP contribution is 2.13. The molecule has 6 nitrogen and oxygen atoms in total. The van der Waals surface area contributed by atoms with Gasteiger partial charge in [0, 0.05) is 19.3 Å². The van der Waals surface area contributed by atoms with Gasteiger partial charge in [-0.2, -0.15) is 0 Å². The first-order valence-electron chi connectivity index (χ1n) is 24.6. The molecule has 0 aromatic rings. The average Bonchev–Trinajstić information content (AvgIpc) is 3.24. The quantitative estimate of drug-likeness (QED) is 0.0263. The number of hydrogen-bond donors (Lipinski definition) is 0. The molecular formula is C54H90O6. The van der Waals surface area contributed by atoms with E-state index in [0.717, 1.165) is 128 Å². The monoisotopic (exact) mass is 835 g/mol. The topological polar surface area (TPSA) is 78.9 Å². The second kappa shape index (κ2) is 48.3. The SMILES string of the molecule is CC/C=C\C/C=C\C/C=C\C/C=C\C/C=C\CCCCCCCCCC(=O)OCC(COC(=O)CCCCCCCC)OC(=O)CCCCCCC/C=C\C/C=C\CCC. The Morgan fingerprint density at radius 2 is 0.683 bits per heavy atom.